The second-order valence-electron chi connectivity index (χ2n) is 6.36. The standard InChI is InChI=1S/C19H20N4O2S2/c1-26-15-6-3-2-5-14(15)18(24)20-10-11-22-19(25)23(13-8-9-13)17(21-22)16-7-4-12-27-16/h2-7,12-13H,8-11H2,1H3,(H,20,24). The predicted molar refractivity (Wildman–Crippen MR) is 109 cm³/mol. The van der Waals surface area contributed by atoms with Gasteiger partial charge in [-0.2, -0.15) is 0 Å². The summed E-state index contributed by atoms with van der Waals surface area (Å²) in [6, 6.07) is 11.7. The van der Waals surface area contributed by atoms with Crippen LogP contribution in [0.2, 0.25) is 0 Å². The predicted octanol–water partition coefficient (Wildman–Crippen LogP) is 3.26. The minimum Gasteiger partial charge on any atom is -0.350 e. The molecule has 1 fully saturated rings. The number of thiophene rings is 1. The Labute approximate surface area is 165 Å². The van der Waals surface area contributed by atoms with Gasteiger partial charge in [0.2, 0.25) is 0 Å². The van der Waals surface area contributed by atoms with Crippen LogP contribution in [0, 0.1) is 0 Å². The monoisotopic (exact) mass is 400 g/mol. The molecular formula is C19H20N4O2S2. The maximum Gasteiger partial charge on any atom is 0.346 e. The third-order valence-corrected chi connectivity index (χ3v) is 6.15. The Hall–Kier alpha value is -2.32. The van der Waals surface area contributed by atoms with Gasteiger partial charge in [-0.05, 0) is 42.7 Å². The molecule has 1 N–H and O–H groups in total. The fourth-order valence-corrected chi connectivity index (χ4v) is 4.31. The van der Waals surface area contributed by atoms with E-state index in [9.17, 15) is 9.59 Å². The fourth-order valence-electron chi connectivity index (χ4n) is 3.00. The van der Waals surface area contributed by atoms with Crippen LogP contribution in [-0.4, -0.2) is 33.1 Å². The van der Waals surface area contributed by atoms with Gasteiger partial charge in [-0.1, -0.05) is 18.2 Å². The van der Waals surface area contributed by atoms with Gasteiger partial charge in [-0.25, -0.2) is 9.48 Å². The van der Waals surface area contributed by atoms with E-state index in [1.54, 1.807) is 15.9 Å². The Balaban J connectivity index is 1.48. The van der Waals surface area contributed by atoms with Gasteiger partial charge in [0.05, 0.1) is 17.0 Å². The van der Waals surface area contributed by atoms with Crippen molar-refractivity contribution in [2.75, 3.05) is 12.8 Å². The molecule has 1 amide bonds. The van der Waals surface area contributed by atoms with Crippen LogP contribution in [0.5, 0.6) is 0 Å². The molecule has 3 aromatic rings. The lowest BCUT2D eigenvalue weighted by molar-refractivity contribution is 0.0949. The van der Waals surface area contributed by atoms with E-state index in [0.29, 0.717) is 18.7 Å². The highest BCUT2D eigenvalue weighted by Crippen LogP contribution is 2.37. The van der Waals surface area contributed by atoms with E-state index in [4.69, 9.17) is 0 Å². The molecule has 6 nitrogen and oxygen atoms in total. The van der Waals surface area contributed by atoms with Gasteiger partial charge < -0.3 is 5.32 Å². The number of aromatic nitrogens is 3. The zero-order chi connectivity index (χ0) is 18.8. The van der Waals surface area contributed by atoms with Crippen LogP contribution in [0.25, 0.3) is 10.7 Å². The molecule has 0 aliphatic heterocycles. The van der Waals surface area contributed by atoms with Gasteiger partial charge in [0.25, 0.3) is 5.91 Å². The van der Waals surface area contributed by atoms with Gasteiger partial charge >= 0.3 is 5.69 Å². The molecule has 0 unspecified atom stereocenters. The van der Waals surface area contributed by atoms with Crippen LogP contribution >= 0.6 is 23.1 Å². The zero-order valence-corrected chi connectivity index (χ0v) is 16.6. The summed E-state index contributed by atoms with van der Waals surface area (Å²) in [6.45, 7) is 0.705. The number of rotatable bonds is 7. The van der Waals surface area contributed by atoms with Crippen LogP contribution in [-0.2, 0) is 6.54 Å². The molecule has 2 heterocycles. The molecule has 4 rings (SSSR count). The first-order chi connectivity index (χ1) is 13.2. The van der Waals surface area contributed by atoms with Crippen molar-refractivity contribution in [2.24, 2.45) is 0 Å². The first-order valence-corrected chi connectivity index (χ1v) is 10.9. The summed E-state index contributed by atoms with van der Waals surface area (Å²) in [5.74, 6) is 0.602. The number of thioether (sulfide) groups is 1. The van der Waals surface area contributed by atoms with Crippen LogP contribution in [0.1, 0.15) is 29.2 Å². The van der Waals surface area contributed by atoms with E-state index in [0.717, 1.165) is 28.4 Å². The van der Waals surface area contributed by atoms with Crippen molar-refractivity contribution in [3.63, 3.8) is 0 Å². The summed E-state index contributed by atoms with van der Waals surface area (Å²) in [4.78, 5) is 27.1. The zero-order valence-electron chi connectivity index (χ0n) is 14.9. The first-order valence-electron chi connectivity index (χ1n) is 8.83. The Morgan fingerprint density at radius 3 is 2.81 bits per heavy atom. The number of carbonyl (C=O) groups excluding carboxylic acids is 1. The number of benzene rings is 1. The normalized spacial score (nSPS) is 13.7. The fraction of sp³-hybridized carbons (Fsp3) is 0.316. The lowest BCUT2D eigenvalue weighted by Crippen LogP contribution is -2.32. The molecule has 1 aliphatic carbocycles. The van der Waals surface area contributed by atoms with E-state index in [2.05, 4.69) is 10.4 Å². The van der Waals surface area contributed by atoms with Gasteiger partial charge in [0, 0.05) is 17.5 Å². The lowest BCUT2D eigenvalue weighted by Gasteiger charge is -2.08. The molecule has 1 aromatic carbocycles. The summed E-state index contributed by atoms with van der Waals surface area (Å²) < 4.78 is 3.27. The summed E-state index contributed by atoms with van der Waals surface area (Å²) in [6.07, 6.45) is 3.99. The molecule has 1 saturated carbocycles. The quantitative estimate of drug-likeness (QED) is 0.618. The maximum absolute atomic E-state index is 12.8. The Morgan fingerprint density at radius 1 is 1.30 bits per heavy atom. The summed E-state index contributed by atoms with van der Waals surface area (Å²) >= 11 is 3.12. The molecule has 0 radical (unpaired) electrons. The highest BCUT2D eigenvalue weighted by Gasteiger charge is 2.30. The third kappa shape index (κ3) is 3.72. The second kappa shape index (κ2) is 7.74. The second-order valence-corrected chi connectivity index (χ2v) is 8.16. The van der Waals surface area contributed by atoms with Gasteiger partial charge in [-0.15, -0.1) is 28.2 Å². The van der Waals surface area contributed by atoms with Crippen molar-refractivity contribution in [1.29, 1.82) is 0 Å². The lowest BCUT2D eigenvalue weighted by atomic mass is 10.2. The molecular weight excluding hydrogens is 380 g/mol. The van der Waals surface area contributed by atoms with E-state index >= 15 is 0 Å². The number of hydrogen-bond donors (Lipinski definition) is 1. The van der Waals surface area contributed by atoms with Crippen LogP contribution in [0.15, 0.2) is 51.5 Å². The average Bonchev–Trinajstić information content (AvgIpc) is 3.26. The number of amides is 1. The average molecular weight is 401 g/mol. The smallest absolute Gasteiger partial charge is 0.346 e. The minimum atomic E-state index is -0.131. The van der Waals surface area contributed by atoms with Crippen molar-refractivity contribution in [3.8, 4) is 10.7 Å². The highest BCUT2D eigenvalue weighted by molar-refractivity contribution is 7.98. The molecule has 0 spiro atoms. The van der Waals surface area contributed by atoms with Crippen molar-refractivity contribution in [1.82, 2.24) is 19.7 Å². The van der Waals surface area contributed by atoms with Gasteiger partial charge in [0.15, 0.2) is 5.82 Å². The molecule has 0 atom stereocenters. The number of nitrogens with zero attached hydrogens (tertiary/aromatic N) is 3. The number of nitrogens with one attached hydrogen (secondary N) is 1. The summed E-state index contributed by atoms with van der Waals surface area (Å²) in [5, 5.41) is 9.42. The van der Waals surface area contributed by atoms with E-state index in [1.807, 2.05) is 48.0 Å². The van der Waals surface area contributed by atoms with Gasteiger partial charge in [0.1, 0.15) is 0 Å². The van der Waals surface area contributed by atoms with E-state index in [1.165, 1.54) is 16.4 Å². The van der Waals surface area contributed by atoms with E-state index in [-0.39, 0.29) is 17.6 Å². The van der Waals surface area contributed by atoms with Crippen molar-refractivity contribution >= 4 is 29.0 Å². The SMILES string of the molecule is CSc1ccccc1C(=O)NCCn1nc(-c2cccs2)n(C2CC2)c1=O. The van der Waals surface area contributed by atoms with Crippen molar-refractivity contribution < 1.29 is 4.79 Å². The van der Waals surface area contributed by atoms with Crippen molar-refractivity contribution in [2.45, 2.75) is 30.3 Å². The first kappa shape index (κ1) is 18.1. The molecule has 1 aliphatic rings. The Morgan fingerprint density at radius 2 is 2.11 bits per heavy atom. The minimum absolute atomic E-state index is 0.0975. The van der Waals surface area contributed by atoms with Gasteiger partial charge in [-0.3, -0.25) is 9.36 Å². The number of carbonyl (C=O) groups is 1. The Kier molecular flexibility index (Phi) is 5.18. The van der Waals surface area contributed by atoms with Crippen LogP contribution < -0.4 is 11.0 Å². The molecule has 0 saturated heterocycles. The van der Waals surface area contributed by atoms with Crippen LogP contribution in [0.4, 0.5) is 0 Å². The Bertz CT molecular complexity index is 1000. The molecule has 0 bridgehead atoms. The van der Waals surface area contributed by atoms with Crippen LogP contribution in [0.3, 0.4) is 0 Å². The topological polar surface area (TPSA) is 68.9 Å². The summed E-state index contributed by atoms with van der Waals surface area (Å²) in [7, 11) is 0. The maximum atomic E-state index is 12.8. The molecule has 2 aromatic heterocycles. The summed E-state index contributed by atoms with van der Waals surface area (Å²) in [5.41, 5.74) is 0.555. The highest BCUT2D eigenvalue weighted by atomic mass is 32.2. The molecule has 140 valence electrons. The van der Waals surface area contributed by atoms with Crippen molar-refractivity contribution in [3.05, 3.63) is 57.8 Å². The van der Waals surface area contributed by atoms with E-state index < -0.39 is 0 Å². The number of hydrogen-bond acceptors (Lipinski definition) is 5. The molecule has 8 heteroatoms. The molecule has 27 heavy (non-hydrogen) atoms. The third-order valence-electron chi connectivity index (χ3n) is 4.48. The largest absolute Gasteiger partial charge is 0.350 e.